The molecule has 1 fully saturated rings. The SMILES string of the molecule is CC(C)Cn1cc(-c2ccc(C(=O)N[C@H]3CCN(c4cnnc(Cl)c4Cl)C3)s2)cn1. The number of carbonyl (C=O) groups is 1. The highest BCUT2D eigenvalue weighted by atomic mass is 35.5. The topological polar surface area (TPSA) is 75.9 Å². The minimum atomic E-state index is -0.0651. The second kappa shape index (κ2) is 8.91. The van der Waals surface area contributed by atoms with E-state index in [-0.39, 0.29) is 17.1 Å². The van der Waals surface area contributed by atoms with E-state index in [2.05, 4.69) is 39.4 Å². The van der Waals surface area contributed by atoms with Gasteiger partial charge in [0.15, 0.2) is 5.15 Å². The Balaban J connectivity index is 1.38. The van der Waals surface area contributed by atoms with Crippen LogP contribution in [0.1, 0.15) is 29.9 Å². The zero-order valence-electron chi connectivity index (χ0n) is 16.7. The summed E-state index contributed by atoms with van der Waals surface area (Å²) in [5, 5.41) is 15.7. The van der Waals surface area contributed by atoms with Gasteiger partial charge in [-0.25, -0.2) is 0 Å². The van der Waals surface area contributed by atoms with Crippen LogP contribution < -0.4 is 10.2 Å². The molecule has 0 aromatic carbocycles. The number of anilines is 1. The van der Waals surface area contributed by atoms with Gasteiger partial charge in [0, 0.05) is 42.3 Å². The molecule has 1 atom stereocenters. The van der Waals surface area contributed by atoms with Crippen LogP contribution in [0.15, 0.2) is 30.7 Å². The van der Waals surface area contributed by atoms with E-state index >= 15 is 0 Å². The number of aromatic nitrogens is 4. The Kier molecular flexibility index (Phi) is 6.26. The third kappa shape index (κ3) is 4.61. The molecule has 3 aromatic rings. The minimum absolute atomic E-state index is 0.0276. The van der Waals surface area contributed by atoms with Gasteiger partial charge in [-0.2, -0.15) is 10.2 Å². The largest absolute Gasteiger partial charge is 0.367 e. The summed E-state index contributed by atoms with van der Waals surface area (Å²) in [4.78, 5) is 16.5. The van der Waals surface area contributed by atoms with Gasteiger partial charge < -0.3 is 10.2 Å². The zero-order chi connectivity index (χ0) is 21.3. The van der Waals surface area contributed by atoms with Gasteiger partial charge in [0.1, 0.15) is 5.02 Å². The molecule has 0 aliphatic carbocycles. The zero-order valence-corrected chi connectivity index (χ0v) is 19.0. The highest BCUT2D eigenvalue weighted by Crippen LogP contribution is 2.32. The molecular formula is C20H22Cl2N6OS. The van der Waals surface area contributed by atoms with Gasteiger partial charge in [0.2, 0.25) is 0 Å². The normalized spacial score (nSPS) is 16.4. The Bertz CT molecular complexity index is 1050. The van der Waals surface area contributed by atoms with Crippen molar-refractivity contribution in [3.05, 3.63) is 45.8 Å². The van der Waals surface area contributed by atoms with Gasteiger partial charge in [0.25, 0.3) is 5.91 Å². The monoisotopic (exact) mass is 464 g/mol. The number of amides is 1. The lowest BCUT2D eigenvalue weighted by Crippen LogP contribution is -2.36. The van der Waals surface area contributed by atoms with Gasteiger partial charge in [-0.15, -0.1) is 16.4 Å². The van der Waals surface area contributed by atoms with Crippen LogP contribution in [0.5, 0.6) is 0 Å². The number of hydrogen-bond donors (Lipinski definition) is 1. The molecule has 1 aliphatic rings. The molecule has 0 spiro atoms. The number of hydrogen-bond acceptors (Lipinski definition) is 6. The second-order valence-electron chi connectivity index (χ2n) is 7.75. The van der Waals surface area contributed by atoms with E-state index in [4.69, 9.17) is 23.2 Å². The van der Waals surface area contributed by atoms with Crippen molar-refractivity contribution in [2.75, 3.05) is 18.0 Å². The second-order valence-corrected chi connectivity index (χ2v) is 9.57. The third-order valence-electron chi connectivity index (χ3n) is 4.90. The summed E-state index contributed by atoms with van der Waals surface area (Å²) in [5.41, 5.74) is 1.77. The summed E-state index contributed by atoms with van der Waals surface area (Å²) in [5.74, 6) is 0.465. The van der Waals surface area contributed by atoms with E-state index in [0.29, 0.717) is 22.4 Å². The molecule has 0 saturated carbocycles. The number of carbonyl (C=O) groups excluding carboxylic acids is 1. The highest BCUT2D eigenvalue weighted by Gasteiger charge is 2.27. The van der Waals surface area contributed by atoms with Crippen molar-refractivity contribution in [1.29, 1.82) is 0 Å². The number of halogens is 2. The maximum atomic E-state index is 12.8. The maximum absolute atomic E-state index is 12.8. The molecule has 0 bridgehead atoms. The summed E-state index contributed by atoms with van der Waals surface area (Å²) in [6.45, 7) is 6.60. The summed E-state index contributed by atoms with van der Waals surface area (Å²) in [6, 6.07) is 3.87. The molecule has 1 N–H and O–H groups in total. The maximum Gasteiger partial charge on any atom is 0.261 e. The summed E-state index contributed by atoms with van der Waals surface area (Å²) in [7, 11) is 0. The minimum Gasteiger partial charge on any atom is -0.367 e. The predicted molar refractivity (Wildman–Crippen MR) is 121 cm³/mol. The summed E-state index contributed by atoms with van der Waals surface area (Å²) in [6.07, 6.45) is 6.30. The van der Waals surface area contributed by atoms with Crippen LogP contribution >= 0.6 is 34.5 Å². The van der Waals surface area contributed by atoms with Crippen molar-refractivity contribution in [2.45, 2.75) is 32.9 Å². The quantitative estimate of drug-likeness (QED) is 0.585. The van der Waals surface area contributed by atoms with Gasteiger partial charge in [-0.1, -0.05) is 37.0 Å². The van der Waals surface area contributed by atoms with Crippen molar-refractivity contribution < 1.29 is 4.79 Å². The average molecular weight is 465 g/mol. The fourth-order valence-electron chi connectivity index (χ4n) is 3.49. The summed E-state index contributed by atoms with van der Waals surface area (Å²) >= 11 is 13.7. The number of nitrogens with zero attached hydrogens (tertiary/aromatic N) is 5. The number of rotatable bonds is 6. The molecule has 1 saturated heterocycles. The molecule has 3 aromatic heterocycles. The Hall–Kier alpha value is -2.16. The Labute approximate surface area is 189 Å². The van der Waals surface area contributed by atoms with Gasteiger partial charge in [-0.3, -0.25) is 9.48 Å². The van der Waals surface area contributed by atoms with E-state index in [9.17, 15) is 4.79 Å². The number of thiophene rings is 1. The average Bonchev–Trinajstić information content (AvgIpc) is 3.44. The molecular weight excluding hydrogens is 443 g/mol. The van der Waals surface area contributed by atoms with Crippen LogP contribution in [0.3, 0.4) is 0 Å². The molecule has 158 valence electrons. The lowest BCUT2D eigenvalue weighted by molar-refractivity contribution is 0.0944. The van der Waals surface area contributed by atoms with Crippen LogP contribution in [0, 0.1) is 5.92 Å². The van der Waals surface area contributed by atoms with Crippen LogP contribution in [0.25, 0.3) is 10.4 Å². The first-order valence-electron chi connectivity index (χ1n) is 9.76. The lowest BCUT2D eigenvalue weighted by Gasteiger charge is -2.19. The highest BCUT2D eigenvalue weighted by molar-refractivity contribution is 7.17. The van der Waals surface area contributed by atoms with Gasteiger partial charge in [-0.05, 0) is 24.5 Å². The Morgan fingerprint density at radius 2 is 2.17 bits per heavy atom. The van der Waals surface area contributed by atoms with Crippen molar-refractivity contribution in [2.24, 2.45) is 5.92 Å². The Morgan fingerprint density at radius 3 is 2.97 bits per heavy atom. The molecule has 4 rings (SSSR count). The first-order valence-corrected chi connectivity index (χ1v) is 11.3. The van der Waals surface area contributed by atoms with E-state index in [1.54, 1.807) is 6.20 Å². The molecule has 1 amide bonds. The van der Waals surface area contributed by atoms with Gasteiger partial charge >= 0.3 is 0 Å². The van der Waals surface area contributed by atoms with Crippen molar-refractivity contribution in [1.82, 2.24) is 25.3 Å². The molecule has 30 heavy (non-hydrogen) atoms. The first-order chi connectivity index (χ1) is 14.4. The fraction of sp³-hybridized carbons (Fsp3) is 0.400. The van der Waals surface area contributed by atoms with E-state index in [0.717, 1.165) is 35.6 Å². The molecule has 0 unspecified atom stereocenters. The molecule has 1 aliphatic heterocycles. The van der Waals surface area contributed by atoms with E-state index in [1.807, 2.05) is 29.2 Å². The third-order valence-corrected chi connectivity index (χ3v) is 6.76. The molecule has 10 heteroatoms. The van der Waals surface area contributed by atoms with E-state index < -0.39 is 0 Å². The lowest BCUT2D eigenvalue weighted by atomic mass is 10.2. The fourth-order valence-corrected chi connectivity index (χ4v) is 4.72. The molecule has 7 nitrogen and oxygen atoms in total. The van der Waals surface area contributed by atoms with Crippen LogP contribution in [0.4, 0.5) is 5.69 Å². The molecule has 4 heterocycles. The summed E-state index contributed by atoms with van der Waals surface area (Å²) < 4.78 is 1.94. The van der Waals surface area contributed by atoms with Crippen molar-refractivity contribution >= 4 is 46.1 Å². The first kappa shape index (κ1) is 21.1. The van der Waals surface area contributed by atoms with Crippen LogP contribution in [-0.2, 0) is 6.54 Å². The number of nitrogens with one attached hydrogen (secondary N) is 1. The van der Waals surface area contributed by atoms with E-state index in [1.165, 1.54) is 11.3 Å². The van der Waals surface area contributed by atoms with Crippen molar-refractivity contribution in [3.63, 3.8) is 0 Å². The Morgan fingerprint density at radius 1 is 1.33 bits per heavy atom. The van der Waals surface area contributed by atoms with Crippen LogP contribution in [-0.4, -0.2) is 45.0 Å². The van der Waals surface area contributed by atoms with Crippen molar-refractivity contribution in [3.8, 4) is 10.4 Å². The van der Waals surface area contributed by atoms with Crippen LogP contribution in [0.2, 0.25) is 10.2 Å². The standard InChI is InChI=1S/C20H22Cl2N6OS/c1-12(2)9-28-10-13(7-24-28)16-3-4-17(30-16)20(29)25-14-5-6-27(11-14)15-8-23-26-19(22)18(15)21/h3-4,7-8,10,12,14H,5-6,9,11H2,1-2H3,(H,25,29)/t14-/m0/s1. The smallest absolute Gasteiger partial charge is 0.261 e. The predicted octanol–water partition coefficient (Wildman–Crippen LogP) is 4.37. The van der Waals surface area contributed by atoms with Gasteiger partial charge in [0.05, 0.1) is 23.0 Å². The molecule has 0 radical (unpaired) electrons.